The first-order valence-electron chi connectivity index (χ1n) is 12.3. The van der Waals surface area contributed by atoms with Crippen LogP contribution in [0.15, 0.2) is 88.7 Å². The van der Waals surface area contributed by atoms with Crippen LogP contribution in [0.25, 0.3) is 0 Å². The van der Waals surface area contributed by atoms with Crippen molar-refractivity contribution >= 4 is 37.3 Å². The molecule has 0 aliphatic carbocycles. The molecule has 0 atom stereocenters. The summed E-state index contributed by atoms with van der Waals surface area (Å²) in [7, 11) is -6.17. The summed E-state index contributed by atoms with van der Waals surface area (Å²) in [6, 6.07) is 20.1. The highest BCUT2D eigenvalue weighted by molar-refractivity contribution is 7.92. The van der Waals surface area contributed by atoms with Crippen molar-refractivity contribution in [2.45, 2.75) is 35.5 Å². The van der Waals surface area contributed by atoms with E-state index < -0.39 is 32.5 Å². The third kappa shape index (κ3) is 6.35. The summed E-state index contributed by atoms with van der Waals surface area (Å²) in [5.41, 5.74) is 0.653. The van der Waals surface area contributed by atoms with Gasteiger partial charge in [-0.1, -0.05) is 31.0 Å². The topological polar surface area (TPSA) is 113 Å². The number of anilines is 2. The van der Waals surface area contributed by atoms with Crippen molar-refractivity contribution in [2.24, 2.45) is 0 Å². The van der Waals surface area contributed by atoms with E-state index in [9.17, 15) is 21.6 Å². The Labute approximate surface area is 224 Å². The monoisotopic (exact) mass is 557 g/mol. The molecule has 3 aromatic rings. The summed E-state index contributed by atoms with van der Waals surface area (Å²) in [5, 5.41) is 2.68. The van der Waals surface area contributed by atoms with Crippen molar-refractivity contribution in [3.05, 3.63) is 78.9 Å². The summed E-state index contributed by atoms with van der Waals surface area (Å²) in [6.07, 6.45) is 3.71. The lowest BCUT2D eigenvalue weighted by Crippen LogP contribution is -2.38. The zero-order valence-electron chi connectivity index (χ0n) is 21.1. The zero-order chi connectivity index (χ0) is 27.2. The van der Waals surface area contributed by atoms with Gasteiger partial charge < -0.3 is 10.1 Å². The van der Waals surface area contributed by atoms with Crippen LogP contribution in [0.5, 0.6) is 5.75 Å². The summed E-state index contributed by atoms with van der Waals surface area (Å²) in [5.74, 6) is -0.0334. The molecule has 1 heterocycles. The summed E-state index contributed by atoms with van der Waals surface area (Å²) in [6.45, 7) is 0.507. The van der Waals surface area contributed by atoms with Gasteiger partial charge in [0.25, 0.3) is 10.0 Å². The van der Waals surface area contributed by atoms with Crippen LogP contribution in [-0.2, 0) is 24.8 Å². The Morgan fingerprint density at radius 2 is 1.42 bits per heavy atom. The molecular weight excluding hydrogens is 526 g/mol. The summed E-state index contributed by atoms with van der Waals surface area (Å²) < 4.78 is 60.6. The molecule has 4 rings (SSSR count). The molecule has 1 saturated heterocycles. The lowest BCUT2D eigenvalue weighted by atomic mass is 10.2. The van der Waals surface area contributed by atoms with Crippen LogP contribution in [0.2, 0.25) is 0 Å². The van der Waals surface area contributed by atoms with Gasteiger partial charge in [0.15, 0.2) is 0 Å². The number of amides is 1. The van der Waals surface area contributed by atoms with Crippen LogP contribution in [0.3, 0.4) is 0 Å². The van der Waals surface area contributed by atoms with Crippen LogP contribution in [0.1, 0.15) is 25.7 Å². The maximum absolute atomic E-state index is 13.4. The van der Waals surface area contributed by atoms with E-state index in [1.165, 1.54) is 47.8 Å². The van der Waals surface area contributed by atoms with Crippen molar-refractivity contribution in [3.8, 4) is 5.75 Å². The van der Waals surface area contributed by atoms with Crippen LogP contribution in [0, 0.1) is 0 Å². The SMILES string of the molecule is COc1ccc(N(CC(=O)Nc2ccc(S(=O)(=O)N3CCCCCC3)cc2)S(=O)(=O)c2ccccc2)cc1. The van der Waals surface area contributed by atoms with Gasteiger partial charge in [-0.25, -0.2) is 16.8 Å². The highest BCUT2D eigenvalue weighted by Gasteiger charge is 2.28. The first-order valence-corrected chi connectivity index (χ1v) is 15.2. The molecule has 1 amide bonds. The lowest BCUT2D eigenvalue weighted by molar-refractivity contribution is -0.114. The molecule has 202 valence electrons. The fraction of sp³-hybridized carbons (Fsp3) is 0.296. The fourth-order valence-electron chi connectivity index (χ4n) is 4.26. The molecule has 38 heavy (non-hydrogen) atoms. The molecule has 0 spiro atoms. The predicted octanol–water partition coefficient (Wildman–Crippen LogP) is 4.09. The fourth-order valence-corrected chi connectivity index (χ4v) is 7.21. The molecule has 1 aliphatic heterocycles. The van der Waals surface area contributed by atoms with Crippen LogP contribution in [0.4, 0.5) is 11.4 Å². The minimum Gasteiger partial charge on any atom is -0.497 e. The van der Waals surface area contributed by atoms with E-state index in [2.05, 4.69) is 5.32 Å². The van der Waals surface area contributed by atoms with E-state index in [4.69, 9.17) is 4.74 Å². The Morgan fingerprint density at radius 3 is 2.00 bits per heavy atom. The number of nitrogens with zero attached hydrogens (tertiary/aromatic N) is 2. The highest BCUT2D eigenvalue weighted by atomic mass is 32.2. The van der Waals surface area contributed by atoms with Gasteiger partial charge in [-0.15, -0.1) is 0 Å². The average Bonchev–Trinajstić information content (AvgIpc) is 3.23. The second-order valence-electron chi connectivity index (χ2n) is 8.91. The van der Waals surface area contributed by atoms with E-state index >= 15 is 0 Å². The normalized spacial score (nSPS) is 14.9. The second kappa shape index (κ2) is 12.0. The number of hydrogen-bond acceptors (Lipinski definition) is 6. The van der Waals surface area contributed by atoms with Crippen LogP contribution in [-0.4, -0.2) is 53.8 Å². The number of sulfonamides is 2. The van der Waals surface area contributed by atoms with E-state index in [1.807, 2.05) is 0 Å². The smallest absolute Gasteiger partial charge is 0.264 e. The maximum Gasteiger partial charge on any atom is 0.264 e. The molecule has 1 fully saturated rings. The quantitative estimate of drug-likeness (QED) is 0.424. The zero-order valence-corrected chi connectivity index (χ0v) is 22.7. The molecule has 0 radical (unpaired) electrons. The minimum atomic E-state index is -4.06. The van der Waals surface area contributed by atoms with Crippen molar-refractivity contribution in [1.82, 2.24) is 4.31 Å². The van der Waals surface area contributed by atoms with Crippen molar-refractivity contribution < 1.29 is 26.4 Å². The molecule has 0 unspecified atom stereocenters. The van der Waals surface area contributed by atoms with Gasteiger partial charge in [-0.05, 0) is 73.5 Å². The van der Waals surface area contributed by atoms with E-state index in [-0.39, 0.29) is 9.79 Å². The molecule has 0 bridgehead atoms. The Balaban J connectivity index is 1.53. The molecule has 3 aromatic carbocycles. The number of rotatable bonds is 9. The Bertz CT molecular complexity index is 1430. The van der Waals surface area contributed by atoms with E-state index in [0.717, 1.165) is 30.0 Å². The molecular formula is C27H31N3O6S2. The average molecular weight is 558 g/mol. The van der Waals surface area contributed by atoms with Crippen molar-refractivity contribution in [3.63, 3.8) is 0 Å². The van der Waals surface area contributed by atoms with Gasteiger partial charge in [-0.3, -0.25) is 9.10 Å². The summed E-state index contributed by atoms with van der Waals surface area (Å²) >= 11 is 0. The number of hydrogen-bond donors (Lipinski definition) is 1. The number of nitrogens with one attached hydrogen (secondary N) is 1. The van der Waals surface area contributed by atoms with Gasteiger partial charge in [-0.2, -0.15) is 4.31 Å². The third-order valence-corrected chi connectivity index (χ3v) is 10.0. The molecule has 11 heteroatoms. The van der Waals surface area contributed by atoms with Gasteiger partial charge in [0.05, 0.1) is 22.6 Å². The molecule has 1 aliphatic rings. The molecule has 1 N–H and O–H groups in total. The largest absolute Gasteiger partial charge is 0.497 e. The lowest BCUT2D eigenvalue weighted by Gasteiger charge is -2.24. The molecule has 0 saturated carbocycles. The molecule has 9 nitrogen and oxygen atoms in total. The number of ether oxygens (including phenoxy) is 1. The number of carbonyl (C=O) groups excluding carboxylic acids is 1. The van der Waals surface area contributed by atoms with Gasteiger partial charge >= 0.3 is 0 Å². The Hall–Kier alpha value is -3.41. The number of benzene rings is 3. The predicted molar refractivity (Wildman–Crippen MR) is 146 cm³/mol. The number of carbonyl (C=O) groups is 1. The molecule has 0 aromatic heterocycles. The standard InChI is InChI=1S/C27H31N3O6S2/c1-36-24-15-13-23(14-16-24)30(38(34,35)25-9-5-4-6-10-25)21-27(31)28-22-11-17-26(18-12-22)37(32,33)29-19-7-2-3-8-20-29/h4-6,9-18H,2-3,7-8,19-21H2,1H3,(H,28,31). The minimum absolute atomic E-state index is 0.0479. The Kier molecular flexibility index (Phi) is 8.70. The van der Waals surface area contributed by atoms with Gasteiger partial charge in [0.1, 0.15) is 12.3 Å². The van der Waals surface area contributed by atoms with Gasteiger partial charge in [0, 0.05) is 18.8 Å². The highest BCUT2D eigenvalue weighted by Crippen LogP contribution is 2.26. The van der Waals surface area contributed by atoms with Crippen LogP contribution < -0.4 is 14.4 Å². The first-order chi connectivity index (χ1) is 18.2. The van der Waals surface area contributed by atoms with E-state index in [0.29, 0.717) is 30.2 Å². The first kappa shape index (κ1) is 27.6. The maximum atomic E-state index is 13.4. The third-order valence-electron chi connectivity index (χ3n) is 6.32. The number of methoxy groups -OCH3 is 1. The van der Waals surface area contributed by atoms with Crippen molar-refractivity contribution in [1.29, 1.82) is 0 Å². The van der Waals surface area contributed by atoms with Crippen molar-refractivity contribution in [2.75, 3.05) is 36.4 Å². The van der Waals surface area contributed by atoms with E-state index in [1.54, 1.807) is 42.5 Å². The Morgan fingerprint density at radius 1 is 0.816 bits per heavy atom. The van der Waals surface area contributed by atoms with Crippen LogP contribution >= 0.6 is 0 Å². The summed E-state index contributed by atoms with van der Waals surface area (Å²) in [4.78, 5) is 13.2. The second-order valence-corrected chi connectivity index (χ2v) is 12.7. The van der Waals surface area contributed by atoms with Gasteiger partial charge in [0.2, 0.25) is 15.9 Å².